The van der Waals surface area contributed by atoms with Gasteiger partial charge in [-0.15, -0.1) is 0 Å². The van der Waals surface area contributed by atoms with E-state index < -0.39 is 5.60 Å². The minimum Gasteiger partial charge on any atom is -0.494 e. The molecule has 2 aliphatic heterocycles. The molecular weight excluding hydrogens is 570 g/mol. The molecule has 45 heavy (non-hydrogen) atoms. The Morgan fingerprint density at radius 3 is 2.51 bits per heavy atom. The van der Waals surface area contributed by atoms with E-state index in [0.29, 0.717) is 50.2 Å². The SMILES string of the molecule is COc1c(N2CCN(C(=O)OC(C)(C)C)CC2)ccc2ncnc(Nc3ccc(OC4=CCN(/N=C\C(C)C)C=C4)c(C)c3)c12. The van der Waals surface area contributed by atoms with Gasteiger partial charge in [0.05, 0.1) is 30.2 Å². The lowest BCUT2D eigenvalue weighted by atomic mass is 10.1. The number of fused-ring (bicyclic) bond motifs is 1. The summed E-state index contributed by atoms with van der Waals surface area (Å²) in [5.41, 5.74) is 3.00. The number of hydrogen-bond donors (Lipinski definition) is 1. The number of nitrogens with zero attached hydrogens (tertiary/aromatic N) is 6. The van der Waals surface area contributed by atoms with E-state index in [-0.39, 0.29) is 6.09 Å². The molecule has 11 heteroatoms. The third kappa shape index (κ3) is 7.84. The molecule has 0 spiro atoms. The fourth-order valence-corrected chi connectivity index (χ4v) is 5.08. The van der Waals surface area contributed by atoms with Crippen molar-refractivity contribution in [2.45, 2.75) is 47.1 Å². The molecule has 3 heterocycles. The third-order valence-electron chi connectivity index (χ3n) is 7.28. The summed E-state index contributed by atoms with van der Waals surface area (Å²) in [7, 11) is 1.66. The van der Waals surface area contributed by atoms with Crippen LogP contribution in [-0.2, 0) is 4.74 Å². The molecule has 0 saturated carbocycles. The van der Waals surface area contributed by atoms with Crippen LogP contribution in [0.15, 0.2) is 65.9 Å². The van der Waals surface area contributed by atoms with Crippen LogP contribution in [0.25, 0.3) is 10.9 Å². The molecule has 0 atom stereocenters. The van der Waals surface area contributed by atoms with Crippen molar-refractivity contribution < 1.29 is 19.0 Å². The van der Waals surface area contributed by atoms with Crippen molar-refractivity contribution in [1.82, 2.24) is 19.9 Å². The van der Waals surface area contributed by atoms with Crippen molar-refractivity contribution in [1.29, 1.82) is 0 Å². The molecule has 2 aromatic carbocycles. The number of aryl methyl sites for hydroxylation is 1. The zero-order chi connectivity index (χ0) is 32.1. The quantitative estimate of drug-likeness (QED) is 0.286. The Morgan fingerprint density at radius 2 is 1.87 bits per heavy atom. The van der Waals surface area contributed by atoms with Crippen LogP contribution in [0, 0.1) is 12.8 Å². The van der Waals surface area contributed by atoms with Gasteiger partial charge >= 0.3 is 6.09 Å². The van der Waals surface area contributed by atoms with Crippen molar-refractivity contribution in [2.75, 3.05) is 50.1 Å². The number of hydrazone groups is 1. The average molecular weight is 614 g/mol. The number of anilines is 3. The first-order valence-electron chi connectivity index (χ1n) is 15.3. The van der Waals surface area contributed by atoms with Crippen LogP contribution in [0.2, 0.25) is 0 Å². The Balaban J connectivity index is 1.31. The lowest BCUT2D eigenvalue weighted by Gasteiger charge is -2.37. The number of benzene rings is 2. The van der Waals surface area contributed by atoms with Crippen molar-refractivity contribution in [2.24, 2.45) is 11.0 Å². The van der Waals surface area contributed by atoms with Gasteiger partial charge in [0.1, 0.15) is 29.3 Å². The van der Waals surface area contributed by atoms with Gasteiger partial charge in [-0.1, -0.05) is 13.8 Å². The van der Waals surface area contributed by atoms with Gasteiger partial charge in [-0.2, -0.15) is 5.10 Å². The zero-order valence-corrected chi connectivity index (χ0v) is 27.2. The topological polar surface area (TPSA) is 105 Å². The molecule has 1 saturated heterocycles. The highest BCUT2D eigenvalue weighted by Gasteiger charge is 2.28. The van der Waals surface area contributed by atoms with Gasteiger partial charge in [-0.05, 0) is 81.7 Å². The molecule has 238 valence electrons. The van der Waals surface area contributed by atoms with E-state index >= 15 is 0 Å². The number of rotatable bonds is 8. The van der Waals surface area contributed by atoms with E-state index in [1.165, 1.54) is 0 Å². The maximum atomic E-state index is 12.6. The highest BCUT2D eigenvalue weighted by Crippen LogP contribution is 2.40. The Bertz CT molecular complexity index is 1620. The van der Waals surface area contributed by atoms with Crippen LogP contribution in [0.5, 0.6) is 11.5 Å². The van der Waals surface area contributed by atoms with E-state index in [1.807, 2.05) is 87.6 Å². The lowest BCUT2D eigenvalue weighted by Crippen LogP contribution is -2.50. The molecule has 1 amide bonds. The number of methoxy groups -OCH3 is 1. The molecule has 2 aliphatic rings. The van der Waals surface area contributed by atoms with Crippen LogP contribution >= 0.6 is 0 Å². The summed E-state index contributed by atoms with van der Waals surface area (Å²) in [6, 6.07) is 9.94. The normalized spacial score (nSPS) is 15.6. The maximum Gasteiger partial charge on any atom is 0.410 e. The standard InChI is InChI=1S/C34H43N7O4/c1-23(2)21-37-41-14-12-26(13-15-41)44-29-11-8-25(20-24(29)3)38-32-30-27(35-22-36-32)9-10-28(31(30)43-7)39-16-18-40(19-17-39)33(42)45-34(4,5)6/h8-14,20-23H,15-19H2,1-7H3,(H,35,36,38)/b37-21-. The molecule has 0 unspecified atom stereocenters. The zero-order valence-electron chi connectivity index (χ0n) is 27.2. The fourth-order valence-electron chi connectivity index (χ4n) is 5.08. The Hall–Kier alpha value is -4.80. The van der Waals surface area contributed by atoms with Crippen LogP contribution in [-0.4, -0.2) is 77.6 Å². The third-order valence-corrected chi connectivity index (χ3v) is 7.28. The van der Waals surface area contributed by atoms with Gasteiger partial charge in [0, 0.05) is 44.3 Å². The second kappa shape index (κ2) is 13.5. The van der Waals surface area contributed by atoms with Crippen LogP contribution in [0.3, 0.4) is 0 Å². The molecule has 3 aromatic rings. The highest BCUT2D eigenvalue weighted by atomic mass is 16.6. The van der Waals surface area contributed by atoms with Gasteiger partial charge in [-0.3, -0.25) is 5.01 Å². The monoisotopic (exact) mass is 613 g/mol. The van der Waals surface area contributed by atoms with Crippen molar-refractivity contribution in [3.8, 4) is 11.5 Å². The van der Waals surface area contributed by atoms with Gasteiger partial charge < -0.3 is 29.3 Å². The van der Waals surface area contributed by atoms with E-state index in [9.17, 15) is 4.79 Å². The largest absolute Gasteiger partial charge is 0.494 e. The number of piperazine rings is 1. The molecule has 1 N–H and O–H groups in total. The molecule has 1 fully saturated rings. The molecular formula is C34H43N7O4. The Labute approximate surface area is 265 Å². The number of nitrogens with one attached hydrogen (secondary N) is 1. The first-order valence-corrected chi connectivity index (χ1v) is 15.3. The number of allylic oxidation sites excluding steroid dienone is 1. The van der Waals surface area contributed by atoms with Gasteiger partial charge in [0.2, 0.25) is 0 Å². The summed E-state index contributed by atoms with van der Waals surface area (Å²) in [6.07, 6.45) is 9.03. The number of amides is 1. The summed E-state index contributed by atoms with van der Waals surface area (Å²) in [6.45, 7) is 14.9. The van der Waals surface area contributed by atoms with Gasteiger partial charge in [-0.25, -0.2) is 14.8 Å². The maximum absolute atomic E-state index is 12.6. The second-order valence-corrected chi connectivity index (χ2v) is 12.4. The number of hydrogen-bond acceptors (Lipinski definition) is 10. The Kier molecular flexibility index (Phi) is 9.45. The summed E-state index contributed by atoms with van der Waals surface area (Å²) in [5.74, 6) is 3.26. The predicted molar refractivity (Wildman–Crippen MR) is 178 cm³/mol. The molecule has 0 bridgehead atoms. The van der Waals surface area contributed by atoms with Crippen LogP contribution in [0.4, 0.5) is 22.0 Å². The lowest BCUT2D eigenvalue weighted by molar-refractivity contribution is 0.0240. The van der Waals surface area contributed by atoms with Crippen molar-refractivity contribution >= 4 is 40.4 Å². The number of carbonyl (C=O) groups is 1. The minimum absolute atomic E-state index is 0.287. The number of aromatic nitrogens is 2. The van der Waals surface area contributed by atoms with Gasteiger partial charge in [0.25, 0.3) is 0 Å². The van der Waals surface area contributed by atoms with E-state index in [0.717, 1.165) is 39.3 Å². The molecule has 5 rings (SSSR count). The summed E-state index contributed by atoms with van der Waals surface area (Å²) in [5, 5.41) is 10.6. The number of ether oxygens (including phenoxy) is 3. The minimum atomic E-state index is -0.527. The molecule has 1 aromatic heterocycles. The summed E-state index contributed by atoms with van der Waals surface area (Å²) in [4.78, 5) is 25.6. The van der Waals surface area contributed by atoms with Crippen molar-refractivity contribution in [3.63, 3.8) is 0 Å². The van der Waals surface area contributed by atoms with Crippen LogP contribution in [0.1, 0.15) is 40.2 Å². The first kappa shape index (κ1) is 31.6. The predicted octanol–water partition coefficient (Wildman–Crippen LogP) is 6.48. The molecule has 0 radical (unpaired) electrons. The summed E-state index contributed by atoms with van der Waals surface area (Å²) >= 11 is 0. The smallest absolute Gasteiger partial charge is 0.410 e. The highest BCUT2D eigenvalue weighted by molar-refractivity contribution is 6.00. The molecule has 0 aliphatic carbocycles. The number of carbonyl (C=O) groups excluding carboxylic acids is 1. The summed E-state index contributed by atoms with van der Waals surface area (Å²) < 4.78 is 17.7. The second-order valence-electron chi connectivity index (χ2n) is 12.4. The van der Waals surface area contributed by atoms with Crippen LogP contribution < -0.4 is 19.7 Å². The molecule has 11 nitrogen and oxygen atoms in total. The average Bonchev–Trinajstić information content (AvgIpc) is 3.01. The Morgan fingerprint density at radius 1 is 1.09 bits per heavy atom. The first-order chi connectivity index (χ1) is 21.5. The van der Waals surface area contributed by atoms with E-state index in [1.54, 1.807) is 18.3 Å². The van der Waals surface area contributed by atoms with Crippen molar-refractivity contribution in [3.05, 3.63) is 66.3 Å². The van der Waals surface area contributed by atoms with E-state index in [4.69, 9.17) is 14.2 Å². The van der Waals surface area contributed by atoms with Gasteiger partial charge in [0.15, 0.2) is 5.75 Å². The van der Waals surface area contributed by atoms with E-state index in [2.05, 4.69) is 39.1 Å². The fraction of sp³-hybridized carbons (Fsp3) is 0.412.